The molecule has 8 heteroatoms. The molecule has 98 valence electrons. The fourth-order valence-electron chi connectivity index (χ4n) is 1.67. The molecule has 0 aliphatic carbocycles. The predicted molar refractivity (Wildman–Crippen MR) is 58.0 cm³/mol. The minimum Gasteiger partial charge on any atom is -0.479 e. The van der Waals surface area contributed by atoms with E-state index in [0.717, 1.165) is 0 Å². The van der Waals surface area contributed by atoms with E-state index in [1.54, 1.807) is 0 Å². The number of carbonyl (C=O) groups is 2. The minimum atomic E-state index is -3.01. The molecule has 0 aromatic carbocycles. The Hall–Kier alpha value is -1.15. The highest BCUT2D eigenvalue weighted by Crippen LogP contribution is 2.21. The fraction of sp³-hybridized carbons (Fsp3) is 0.778. The Balaban J connectivity index is 2.29. The second-order valence-electron chi connectivity index (χ2n) is 4.13. The van der Waals surface area contributed by atoms with Gasteiger partial charge in [-0.15, -0.1) is 0 Å². The van der Waals surface area contributed by atoms with Crippen LogP contribution in [0.3, 0.4) is 0 Å². The highest BCUT2D eigenvalue weighted by atomic mass is 32.2. The maximum Gasteiger partial charge on any atom is 0.334 e. The first-order valence-corrected chi connectivity index (χ1v) is 7.00. The van der Waals surface area contributed by atoms with Crippen LogP contribution in [0.2, 0.25) is 0 Å². The molecule has 0 aromatic heterocycles. The van der Waals surface area contributed by atoms with E-state index in [9.17, 15) is 18.0 Å². The van der Waals surface area contributed by atoms with Gasteiger partial charge < -0.3 is 15.5 Å². The normalized spacial score (nSPS) is 24.2. The van der Waals surface area contributed by atoms with Gasteiger partial charge in [0.15, 0.2) is 15.9 Å². The molecule has 0 aromatic rings. The standard InChI is InChI=1S/C9H15NO6S/c11-7(9(13)14)4-10-8(12)3-6-1-2-17(15,16)5-6/h6-7,11H,1-5H2,(H,10,12)(H,13,14). The van der Waals surface area contributed by atoms with E-state index in [1.165, 1.54) is 0 Å². The summed E-state index contributed by atoms with van der Waals surface area (Å²) in [6, 6.07) is 0. The van der Waals surface area contributed by atoms with Gasteiger partial charge in [-0.2, -0.15) is 0 Å². The lowest BCUT2D eigenvalue weighted by molar-refractivity contribution is -0.146. The molecule has 2 unspecified atom stereocenters. The molecular weight excluding hydrogens is 250 g/mol. The number of amides is 1. The zero-order chi connectivity index (χ0) is 13.1. The number of hydrogen-bond donors (Lipinski definition) is 3. The van der Waals surface area contributed by atoms with Gasteiger partial charge in [0.2, 0.25) is 5.91 Å². The van der Waals surface area contributed by atoms with E-state index in [2.05, 4.69) is 5.32 Å². The van der Waals surface area contributed by atoms with Crippen molar-refractivity contribution in [2.75, 3.05) is 18.1 Å². The molecule has 2 atom stereocenters. The Morgan fingerprint density at radius 1 is 1.41 bits per heavy atom. The number of aliphatic hydroxyl groups excluding tert-OH is 1. The molecule has 0 bridgehead atoms. The predicted octanol–water partition coefficient (Wildman–Crippen LogP) is -1.63. The van der Waals surface area contributed by atoms with Crippen LogP contribution in [-0.4, -0.2) is 54.7 Å². The van der Waals surface area contributed by atoms with E-state index in [1.807, 2.05) is 0 Å². The van der Waals surface area contributed by atoms with E-state index in [0.29, 0.717) is 6.42 Å². The molecule has 1 amide bonds. The van der Waals surface area contributed by atoms with E-state index >= 15 is 0 Å². The van der Waals surface area contributed by atoms with E-state index in [4.69, 9.17) is 10.2 Å². The highest BCUT2D eigenvalue weighted by Gasteiger charge is 2.29. The molecule has 7 nitrogen and oxygen atoms in total. The summed E-state index contributed by atoms with van der Waals surface area (Å²) in [6.07, 6.45) is -1.13. The number of aliphatic carboxylic acids is 1. The van der Waals surface area contributed by atoms with Gasteiger partial charge in [0.1, 0.15) is 0 Å². The second kappa shape index (κ2) is 5.46. The van der Waals surface area contributed by atoms with Gasteiger partial charge in [0, 0.05) is 6.42 Å². The molecule has 17 heavy (non-hydrogen) atoms. The lowest BCUT2D eigenvalue weighted by Gasteiger charge is -2.10. The quantitative estimate of drug-likeness (QED) is 0.549. The van der Waals surface area contributed by atoms with Gasteiger partial charge in [0.25, 0.3) is 0 Å². The first kappa shape index (κ1) is 13.9. The van der Waals surface area contributed by atoms with Crippen molar-refractivity contribution in [2.45, 2.75) is 18.9 Å². The summed E-state index contributed by atoms with van der Waals surface area (Å²) >= 11 is 0. The monoisotopic (exact) mass is 265 g/mol. The minimum absolute atomic E-state index is 0.00189. The van der Waals surface area contributed by atoms with Gasteiger partial charge in [-0.05, 0) is 12.3 Å². The zero-order valence-electron chi connectivity index (χ0n) is 9.13. The number of sulfone groups is 1. The largest absolute Gasteiger partial charge is 0.479 e. The summed E-state index contributed by atoms with van der Waals surface area (Å²) in [5, 5.41) is 19.5. The number of hydrogen-bond acceptors (Lipinski definition) is 5. The molecule has 0 saturated carbocycles. The Morgan fingerprint density at radius 2 is 2.06 bits per heavy atom. The average molecular weight is 265 g/mol. The van der Waals surface area contributed by atoms with Crippen LogP contribution in [0.25, 0.3) is 0 Å². The zero-order valence-corrected chi connectivity index (χ0v) is 9.94. The van der Waals surface area contributed by atoms with Gasteiger partial charge in [0.05, 0.1) is 18.1 Å². The van der Waals surface area contributed by atoms with Crippen LogP contribution in [-0.2, 0) is 19.4 Å². The van der Waals surface area contributed by atoms with E-state index < -0.39 is 27.8 Å². The van der Waals surface area contributed by atoms with Gasteiger partial charge in [-0.3, -0.25) is 4.79 Å². The number of carboxylic acid groups (broad SMARTS) is 1. The summed E-state index contributed by atoms with van der Waals surface area (Å²) in [7, 11) is -3.01. The van der Waals surface area contributed by atoms with Gasteiger partial charge in [-0.25, -0.2) is 13.2 Å². The van der Waals surface area contributed by atoms with Crippen LogP contribution in [0.15, 0.2) is 0 Å². The Bertz CT molecular complexity index is 404. The number of carboxylic acids is 1. The van der Waals surface area contributed by atoms with Crippen molar-refractivity contribution in [3.63, 3.8) is 0 Å². The fourth-order valence-corrected chi connectivity index (χ4v) is 3.53. The van der Waals surface area contributed by atoms with Crippen molar-refractivity contribution < 1.29 is 28.2 Å². The summed E-state index contributed by atoms with van der Waals surface area (Å²) in [6.45, 7) is -0.367. The molecule has 1 aliphatic rings. The van der Waals surface area contributed by atoms with Crippen LogP contribution in [0.1, 0.15) is 12.8 Å². The van der Waals surface area contributed by atoms with Gasteiger partial charge >= 0.3 is 5.97 Å². The number of carbonyl (C=O) groups excluding carboxylic acids is 1. The van der Waals surface area contributed by atoms with Crippen molar-refractivity contribution in [3.8, 4) is 0 Å². The third-order valence-corrected chi connectivity index (χ3v) is 4.42. The van der Waals surface area contributed by atoms with Gasteiger partial charge in [-0.1, -0.05) is 0 Å². The molecule has 1 saturated heterocycles. The Labute approximate surface area is 98.7 Å². The summed E-state index contributed by atoms with van der Waals surface area (Å²) < 4.78 is 22.3. The molecule has 1 rings (SSSR count). The molecule has 1 fully saturated rings. The van der Waals surface area contributed by atoms with Crippen LogP contribution in [0.5, 0.6) is 0 Å². The van der Waals surface area contributed by atoms with E-state index in [-0.39, 0.29) is 30.4 Å². The van der Waals surface area contributed by atoms with Crippen LogP contribution < -0.4 is 5.32 Å². The molecular formula is C9H15NO6S. The maximum atomic E-state index is 11.3. The van der Waals surface area contributed by atoms with Crippen LogP contribution >= 0.6 is 0 Å². The average Bonchev–Trinajstić information content (AvgIpc) is 2.54. The number of nitrogens with one attached hydrogen (secondary N) is 1. The maximum absolute atomic E-state index is 11.3. The summed E-state index contributed by atoms with van der Waals surface area (Å²) in [5.41, 5.74) is 0. The Morgan fingerprint density at radius 3 is 2.53 bits per heavy atom. The van der Waals surface area contributed by atoms with Crippen molar-refractivity contribution in [2.24, 2.45) is 5.92 Å². The SMILES string of the molecule is O=C(CC1CCS(=O)(=O)C1)NCC(O)C(=O)O. The molecule has 3 N–H and O–H groups in total. The van der Waals surface area contributed by atoms with Crippen molar-refractivity contribution in [1.82, 2.24) is 5.32 Å². The first-order valence-electron chi connectivity index (χ1n) is 5.18. The number of aliphatic hydroxyl groups is 1. The Kier molecular flexibility index (Phi) is 4.47. The second-order valence-corrected chi connectivity index (χ2v) is 6.36. The van der Waals surface area contributed by atoms with Crippen LogP contribution in [0, 0.1) is 5.92 Å². The first-order chi connectivity index (χ1) is 7.80. The topological polar surface area (TPSA) is 121 Å². The molecule has 0 radical (unpaired) electrons. The summed E-state index contributed by atoms with van der Waals surface area (Å²) in [5.74, 6) is -1.95. The number of rotatable bonds is 5. The van der Waals surface area contributed by atoms with Crippen molar-refractivity contribution in [3.05, 3.63) is 0 Å². The highest BCUT2D eigenvalue weighted by molar-refractivity contribution is 7.91. The summed E-state index contributed by atoms with van der Waals surface area (Å²) in [4.78, 5) is 21.6. The van der Waals surface area contributed by atoms with Crippen molar-refractivity contribution >= 4 is 21.7 Å². The third-order valence-electron chi connectivity index (χ3n) is 2.58. The lowest BCUT2D eigenvalue weighted by Crippen LogP contribution is -2.37. The van der Waals surface area contributed by atoms with Crippen molar-refractivity contribution in [1.29, 1.82) is 0 Å². The van der Waals surface area contributed by atoms with Crippen LogP contribution in [0.4, 0.5) is 0 Å². The smallest absolute Gasteiger partial charge is 0.334 e. The lowest BCUT2D eigenvalue weighted by atomic mass is 10.1. The molecule has 0 spiro atoms. The third kappa shape index (κ3) is 4.70. The molecule has 1 aliphatic heterocycles. The molecule has 1 heterocycles.